The highest BCUT2D eigenvalue weighted by Gasteiger charge is 2.41. The Morgan fingerprint density at radius 3 is 2.43 bits per heavy atom. The van der Waals surface area contributed by atoms with Crippen molar-refractivity contribution in [3.8, 4) is 11.5 Å². The van der Waals surface area contributed by atoms with Crippen molar-refractivity contribution < 1.29 is 24.1 Å². The molecule has 1 unspecified atom stereocenters. The van der Waals surface area contributed by atoms with Crippen molar-refractivity contribution >= 4 is 5.91 Å². The minimum atomic E-state index is -0.851. The van der Waals surface area contributed by atoms with Crippen LogP contribution in [0.4, 0.5) is 0 Å². The Morgan fingerprint density at radius 1 is 1.11 bits per heavy atom. The first-order chi connectivity index (χ1) is 13.6. The molecule has 3 rings (SSSR count). The molecule has 6 heteroatoms. The zero-order chi connectivity index (χ0) is 20.0. The van der Waals surface area contributed by atoms with E-state index < -0.39 is 11.5 Å². The summed E-state index contributed by atoms with van der Waals surface area (Å²) in [6.07, 6.45) is 0.390. The average molecular weight is 385 g/mol. The van der Waals surface area contributed by atoms with Gasteiger partial charge in [-0.15, -0.1) is 0 Å². The summed E-state index contributed by atoms with van der Waals surface area (Å²) >= 11 is 0. The number of carbonyl (C=O) groups is 1. The van der Waals surface area contributed by atoms with Crippen LogP contribution in [0.3, 0.4) is 0 Å². The zero-order valence-corrected chi connectivity index (χ0v) is 16.3. The lowest BCUT2D eigenvalue weighted by Gasteiger charge is -2.36. The van der Waals surface area contributed by atoms with Gasteiger partial charge in [-0.3, -0.25) is 4.79 Å². The summed E-state index contributed by atoms with van der Waals surface area (Å²) in [6.45, 7) is 1.20. The van der Waals surface area contributed by atoms with Crippen LogP contribution in [0.15, 0.2) is 48.5 Å². The molecule has 1 aliphatic rings. The van der Waals surface area contributed by atoms with E-state index in [1.54, 1.807) is 32.4 Å². The Kier molecular flexibility index (Phi) is 6.54. The van der Waals surface area contributed by atoms with Gasteiger partial charge in [0.05, 0.1) is 25.7 Å². The molecule has 28 heavy (non-hydrogen) atoms. The molecule has 1 amide bonds. The van der Waals surface area contributed by atoms with Gasteiger partial charge in [-0.1, -0.05) is 36.4 Å². The maximum atomic E-state index is 13.2. The molecule has 0 aromatic heterocycles. The molecule has 1 saturated heterocycles. The van der Waals surface area contributed by atoms with Crippen LogP contribution >= 0.6 is 0 Å². The monoisotopic (exact) mass is 385 g/mol. The average Bonchev–Trinajstić information content (AvgIpc) is 2.77. The molecule has 1 fully saturated rings. The summed E-state index contributed by atoms with van der Waals surface area (Å²) in [5.74, 6) is 1.05. The van der Waals surface area contributed by atoms with Crippen molar-refractivity contribution in [2.75, 3.05) is 34.0 Å². The van der Waals surface area contributed by atoms with Crippen LogP contribution in [0, 0.1) is 0 Å². The van der Waals surface area contributed by atoms with Crippen LogP contribution < -0.4 is 14.8 Å². The molecule has 1 heterocycles. The molecule has 150 valence electrons. The molecule has 2 aromatic rings. The van der Waals surface area contributed by atoms with E-state index in [4.69, 9.17) is 14.2 Å². The normalized spacial score (nSPS) is 16.8. The van der Waals surface area contributed by atoms with Crippen molar-refractivity contribution in [1.29, 1.82) is 0 Å². The maximum absolute atomic E-state index is 13.2. The fourth-order valence-electron chi connectivity index (χ4n) is 3.66. The Balaban J connectivity index is 1.72. The van der Waals surface area contributed by atoms with Crippen LogP contribution in [0.2, 0.25) is 0 Å². The van der Waals surface area contributed by atoms with Crippen LogP contribution in [0.25, 0.3) is 0 Å². The topological polar surface area (TPSA) is 77.0 Å². The van der Waals surface area contributed by atoms with E-state index >= 15 is 0 Å². The van der Waals surface area contributed by atoms with E-state index in [9.17, 15) is 9.90 Å². The maximum Gasteiger partial charge on any atom is 0.230 e. The molecule has 1 atom stereocenters. The zero-order valence-electron chi connectivity index (χ0n) is 16.3. The highest BCUT2D eigenvalue weighted by molar-refractivity contribution is 5.88. The number of aliphatic hydroxyl groups excluding tert-OH is 1. The van der Waals surface area contributed by atoms with E-state index in [-0.39, 0.29) is 12.5 Å². The Hall–Kier alpha value is -2.57. The van der Waals surface area contributed by atoms with E-state index in [1.807, 2.05) is 30.3 Å². The summed E-state index contributed by atoms with van der Waals surface area (Å²) in [5, 5.41) is 13.5. The van der Waals surface area contributed by atoms with Crippen molar-refractivity contribution in [3.05, 3.63) is 59.7 Å². The fourth-order valence-corrected chi connectivity index (χ4v) is 3.66. The summed E-state index contributed by atoms with van der Waals surface area (Å²) in [4.78, 5) is 13.2. The highest BCUT2D eigenvalue weighted by atomic mass is 16.5. The number of hydrogen-bond donors (Lipinski definition) is 2. The molecule has 2 aromatic carbocycles. The SMILES string of the molecule is COc1ccc(C(O)CNC(=O)C2(c3ccccc3)CCOCC2)cc1OC. The van der Waals surface area contributed by atoms with Gasteiger partial charge < -0.3 is 24.6 Å². The lowest BCUT2D eigenvalue weighted by molar-refractivity contribution is -0.131. The minimum absolute atomic E-state index is 0.0819. The van der Waals surface area contributed by atoms with Gasteiger partial charge >= 0.3 is 0 Å². The van der Waals surface area contributed by atoms with Gasteiger partial charge in [0.15, 0.2) is 11.5 Å². The van der Waals surface area contributed by atoms with Crippen molar-refractivity contribution in [2.24, 2.45) is 0 Å². The fraction of sp³-hybridized carbons (Fsp3) is 0.409. The molecule has 0 saturated carbocycles. The molecule has 6 nitrogen and oxygen atoms in total. The largest absolute Gasteiger partial charge is 0.493 e. The number of amides is 1. The number of nitrogens with one attached hydrogen (secondary N) is 1. The summed E-state index contributed by atoms with van der Waals surface area (Å²) in [5.41, 5.74) is 1.01. The summed E-state index contributed by atoms with van der Waals surface area (Å²) < 4.78 is 16.0. The number of hydrogen-bond acceptors (Lipinski definition) is 5. The van der Waals surface area contributed by atoms with Gasteiger partial charge in [0.2, 0.25) is 5.91 Å². The molecule has 0 radical (unpaired) electrons. The van der Waals surface area contributed by atoms with Crippen molar-refractivity contribution in [2.45, 2.75) is 24.4 Å². The number of methoxy groups -OCH3 is 2. The lowest BCUT2D eigenvalue weighted by atomic mass is 9.73. The third-order valence-electron chi connectivity index (χ3n) is 5.36. The Morgan fingerprint density at radius 2 is 1.79 bits per heavy atom. The number of aliphatic hydroxyl groups is 1. The molecule has 1 aliphatic heterocycles. The van der Waals surface area contributed by atoms with Gasteiger partial charge in [-0.2, -0.15) is 0 Å². The smallest absolute Gasteiger partial charge is 0.230 e. The van der Waals surface area contributed by atoms with Gasteiger partial charge in [-0.05, 0) is 36.1 Å². The van der Waals surface area contributed by atoms with E-state index in [1.165, 1.54) is 0 Å². The van der Waals surface area contributed by atoms with Gasteiger partial charge in [0, 0.05) is 19.8 Å². The molecule has 0 aliphatic carbocycles. The number of benzene rings is 2. The second kappa shape index (κ2) is 9.08. The molecule has 2 N–H and O–H groups in total. The Bertz CT molecular complexity index is 787. The predicted molar refractivity (Wildman–Crippen MR) is 106 cm³/mol. The lowest BCUT2D eigenvalue weighted by Crippen LogP contribution is -2.48. The molecule has 0 spiro atoms. The molecule has 0 bridgehead atoms. The van der Waals surface area contributed by atoms with Gasteiger partial charge in [0.25, 0.3) is 0 Å². The van der Waals surface area contributed by atoms with Crippen LogP contribution in [0.5, 0.6) is 11.5 Å². The summed E-state index contributed by atoms with van der Waals surface area (Å²) in [6, 6.07) is 15.0. The van der Waals surface area contributed by atoms with Crippen LogP contribution in [-0.4, -0.2) is 45.0 Å². The second-order valence-electron chi connectivity index (χ2n) is 6.90. The van der Waals surface area contributed by atoms with Gasteiger partial charge in [-0.25, -0.2) is 0 Å². The molecular weight excluding hydrogens is 358 g/mol. The first-order valence-electron chi connectivity index (χ1n) is 9.42. The molecular formula is C22H27NO5. The first-order valence-corrected chi connectivity index (χ1v) is 9.42. The van der Waals surface area contributed by atoms with Crippen molar-refractivity contribution in [3.63, 3.8) is 0 Å². The third-order valence-corrected chi connectivity index (χ3v) is 5.36. The third kappa shape index (κ3) is 4.13. The van der Waals surface area contributed by atoms with E-state index in [0.29, 0.717) is 43.1 Å². The number of rotatable bonds is 7. The van der Waals surface area contributed by atoms with Crippen molar-refractivity contribution in [1.82, 2.24) is 5.32 Å². The quantitative estimate of drug-likeness (QED) is 0.766. The van der Waals surface area contributed by atoms with Crippen LogP contribution in [0.1, 0.15) is 30.1 Å². The highest BCUT2D eigenvalue weighted by Crippen LogP contribution is 2.35. The van der Waals surface area contributed by atoms with E-state index in [2.05, 4.69) is 5.32 Å². The van der Waals surface area contributed by atoms with E-state index in [0.717, 1.165) is 5.56 Å². The number of ether oxygens (including phenoxy) is 3. The predicted octanol–water partition coefficient (Wildman–Crippen LogP) is 2.60. The standard InChI is InChI=1S/C22H27NO5/c1-26-19-9-8-16(14-20(19)27-2)18(24)15-23-21(25)22(10-12-28-13-11-22)17-6-4-3-5-7-17/h3-9,14,18,24H,10-13,15H2,1-2H3,(H,23,25). The second-order valence-corrected chi connectivity index (χ2v) is 6.90. The minimum Gasteiger partial charge on any atom is -0.493 e. The number of carbonyl (C=O) groups excluding carboxylic acids is 1. The Labute approximate surface area is 165 Å². The van der Waals surface area contributed by atoms with Gasteiger partial charge in [0.1, 0.15) is 0 Å². The van der Waals surface area contributed by atoms with Crippen LogP contribution in [-0.2, 0) is 14.9 Å². The first kappa shape index (κ1) is 20.2. The summed E-state index contributed by atoms with van der Waals surface area (Å²) in [7, 11) is 3.11.